The second-order valence-electron chi connectivity index (χ2n) is 3.06. The van der Waals surface area contributed by atoms with E-state index < -0.39 is 6.10 Å². The second kappa shape index (κ2) is 5.34. The molecule has 0 aliphatic heterocycles. The van der Waals surface area contributed by atoms with Crippen molar-refractivity contribution in [3.05, 3.63) is 28.2 Å². The summed E-state index contributed by atoms with van der Waals surface area (Å²) < 4.78 is 6.28. The number of aliphatic hydroxyl groups is 2. The van der Waals surface area contributed by atoms with E-state index >= 15 is 0 Å². The van der Waals surface area contributed by atoms with E-state index in [0.29, 0.717) is 5.75 Å². The quantitative estimate of drug-likeness (QED) is 0.863. The molecule has 0 heterocycles. The van der Waals surface area contributed by atoms with Crippen LogP contribution in [0.2, 0.25) is 0 Å². The number of aliphatic hydroxyl groups excluding tert-OH is 2. The highest BCUT2D eigenvalue weighted by Crippen LogP contribution is 2.21. The summed E-state index contributed by atoms with van der Waals surface area (Å²) in [5.74, 6) is 0.693. The van der Waals surface area contributed by atoms with Gasteiger partial charge in [0.2, 0.25) is 0 Å². The SMILES string of the molecule is Cc1cc(OC[C@H](O)CO)ccc1Br. The molecule has 3 nitrogen and oxygen atoms in total. The van der Waals surface area contributed by atoms with Gasteiger partial charge in [0.15, 0.2) is 0 Å². The maximum atomic E-state index is 9.06. The minimum Gasteiger partial charge on any atom is -0.491 e. The number of aryl methyl sites for hydroxylation is 1. The normalized spacial score (nSPS) is 12.6. The number of hydrogen-bond donors (Lipinski definition) is 2. The monoisotopic (exact) mass is 260 g/mol. The lowest BCUT2D eigenvalue weighted by atomic mass is 10.2. The lowest BCUT2D eigenvalue weighted by Gasteiger charge is -2.10. The van der Waals surface area contributed by atoms with Crippen LogP contribution in [0.1, 0.15) is 5.56 Å². The minimum atomic E-state index is -0.820. The molecular weight excluding hydrogens is 248 g/mol. The Bertz CT molecular complexity index is 301. The van der Waals surface area contributed by atoms with Crippen molar-refractivity contribution in [1.29, 1.82) is 0 Å². The second-order valence-corrected chi connectivity index (χ2v) is 3.91. The molecule has 0 aliphatic rings. The average Bonchev–Trinajstić information content (AvgIpc) is 2.19. The van der Waals surface area contributed by atoms with Gasteiger partial charge in [-0.2, -0.15) is 0 Å². The van der Waals surface area contributed by atoms with Gasteiger partial charge in [-0.25, -0.2) is 0 Å². The molecule has 0 aliphatic carbocycles. The van der Waals surface area contributed by atoms with Gasteiger partial charge in [-0.05, 0) is 30.7 Å². The van der Waals surface area contributed by atoms with Crippen molar-refractivity contribution in [2.75, 3.05) is 13.2 Å². The molecular formula is C10H13BrO3. The summed E-state index contributed by atoms with van der Waals surface area (Å²) in [6, 6.07) is 5.56. The van der Waals surface area contributed by atoms with Crippen molar-refractivity contribution in [3.8, 4) is 5.75 Å². The van der Waals surface area contributed by atoms with Crippen LogP contribution in [0.3, 0.4) is 0 Å². The predicted octanol–water partition coefficient (Wildman–Crippen LogP) is 1.49. The summed E-state index contributed by atoms with van der Waals surface area (Å²) in [6.45, 7) is 1.78. The lowest BCUT2D eigenvalue weighted by Crippen LogP contribution is -2.21. The molecule has 1 aromatic carbocycles. The van der Waals surface area contributed by atoms with E-state index in [9.17, 15) is 0 Å². The Balaban J connectivity index is 2.55. The van der Waals surface area contributed by atoms with Crippen LogP contribution in [-0.2, 0) is 0 Å². The molecule has 0 unspecified atom stereocenters. The molecule has 1 atom stereocenters. The molecule has 0 aromatic heterocycles. The minimum absolute atomic E-state index is 0.109. The smallest absolute Gasteiger partial charge is 0.119 e. The third-order valence-electron chi connectivity index (χ3n) is 1.78. The average molecular weight is 261 g/mol. The van der Waals surface area contributed by atoms with Crippen LogP contribution in [0.4, 0.5) is 0 Å². The fraction of sp³-hybridized carbons (Fsp3) is 0.400. The first-order valence-corrected chi connectivity index (χ1v) is 5.10. The Hall–Kier alpha value is -0.580. The molecule has 1 aromatic rings. The van der Waals surface area contributed by atoms with Crippen LogP contribution in [0.25, 0.3) is 0 Å². The maximum Gasteiger partial charge on any atom is 0.119 e. The van der Waals surface area contributed by atoms with E-state index in [0.717, 1.165) is 10.0 Å². The van der Waals surface area contributed by atoms with E-state index in [1.807, 2.05) is 19.1 Å². The zero-order valence-electron chi connectivity index (χ0n) is 7.90. The van der Waals surface area contributed by atoms with Gasteiger partial charge >= 0.3 is 0 Å². The van der Waals surface area contributed by atoms with Crippen LogP contribution >= 0.6 is 15.9 Å². The van der Waals surface area contributed by atoms with Crippen molar-refractivity contribution in [1.82, 2.24) is 0 Å². The fourth-order valence-electron chi connectivity index (χ4n) is 0.952. The summed E-state index contributed by atoms with van der Waals surface area (Å²) in [5, 5.41) is 17.6. The van der Waals surface area contributed by atoms with Crippen molar-refractivity contribution in [3.63, 3.8) is 0 Å². The van der Waals surface area contributed by atoms with E-state index in [2.05, 4.69) is 15.9 Å². The largest absolute Gasteiger partial charge is 0.491 e. The van der Waals surface area contributed by atoms with E-state index in [4.69, 9.17) is 14.9 Å². The Kier molecular flexibility index (Phi) is 4.38. The number of rotatable bonds is 4. The fourth-order valence-corrected chi connectivity index (χ4v) is 1.20. The molecule has 0 radical (unpaired) electrons. The highest BCUT2D eigenvalue weighted by molar-refractivity contribution is 9.10. The van der Waals surface area contributed by atoms with Crippen LogP contribution in [-0.4, -0.2) is 29.5 Å². The zero-order chi connectivity index (χ0) is 10.6. The van der Waals surface area contributed by atoms with Gasteiger partial charge < -0.3 is 14.9 Å². The van der Waals surface area contributed by atoms with Crippen LogP contribution < -0.4 is 4.74 Å². The summed E-state index contributed by atoms with van der Waals surface area (Å²) in [5.41, 5.74) is 1.07. The van der Waals surface area contributed by atoms with Crippen molar-refractivity contribution in [2.24, 2.45) is 0 Å². The zero-order valence-corrected chi connectivity index (χ0v) is 9.49. The van der Waals surface area contributed by atoms with Gasteiger partial charge in [0.25, 0.3) is 0 Å². The molecule has 0 saturated heterocycles. The van der Waals surface area contributed by atoms with Gasteiger partial charge in [0.05, 0.1) is 6.61 Å². The molecule has 2 N–H and O–H groups in total. The predicted molar refractivity (Wildman–Crippen MR) is 57.5 cm³/mol. The number of ether oxygens (including phenoxy) is 1. The van der Waals surface area contributed by atoms with Crippen molar-refractivity contribution >= 4 is 15.9 Å². The summed E-state index contributed by atoms with van der Waals surface area (Å²) in [4.78, 5) is 0. The Morgan fingerprint density at radius 2 is 2.21 bits per heavy atom. The summed E-state index contributed by atoms with van der Waals surface area (Å²) in [7, 11) is 0. The van der Waals surface area contributed by atoms with Gasteiger partial charge in [0, 0.05) is 4.47 Å². The molecule has 0 fully saturated rings. The van der Waals surface area contributed by atoms with Gasteiger partial charge in [0.1, 0.15) is 18.5 Å². The van der Waals surface area contributed by atoms with Gasteiger partial charge in [-0.1, -0.05) is 15.9 Å². The lowest BCUT2D eigenvalue weighted by molar-refractivity contribution is 0.0536. The van der Waals surface area contributed by atoms with Gasteiger partial charge in [-0.3, -0.25) is 0 Å². The number of halogens is 1. The first-order chi connectivity index (χ1) is 6.63. The molecule has 4 heteroatoms. The molecule has 0 spiro atoms. The Morgan fingerprint density at radius 3 is 2.79 bits per heavy atom. The summed E-state index contributed by atoms with van der Waals surface area (Å²) >= 11 is 3.38. The van der Waals surface area contributed by atoms with Crippen molar-refractivity contribution < 1.29 is 14.9 Å². The maximum absolute atomic E-state index is 9.06. The molecule has 0 saturated carbocycles. The Morgan fingerprint density at radius 1 is 1.50 bits per heavy atom. The third-order valence-corrected chi connectivity index (χ3v) is 2.67. The topological polar surface area (TPSA) is 49.7 Å². The molecule has 0 bridgehead atoms. The first kappa shape index (κ1) is 11.5. The van der Waals surface area contributed by atoms with E-state index in [1.165, 1.54) is 0 Å². The highest BCUT2D eigenvalue weighted by atomic mass is 79.9. The van der Waals surface area contributed by atoms with Crippen LogP contribution in [0, 0.1) is 6.92 Å². The number of benzene rings is 1. The van der Waals surface area contributed by atoms with E-state index in [1.54, 1.807) is 6.07 Å². The molecule has 78 valence electrons. The molecule has 1 rings (SSSR count). The standard InChI is InChI=1S/C10H13BrO3/c1-7-4-9(2-3-10(7)11)14-6-8(13)5-12/h2-4,8,12-13H,5-6H2,1H3/t8-/m1/s1. The van der Waals surface area contributed by atoms with E-state index in [-0.39, 0.29) is 13.2 Å². The Labute approximate surface area is 91.5 Å². The van der Waals surface area contributed by atoms with Crippen molar-refractivity contribution in [2.45, 2.75) is 13.0 Å². The highest BCUT2D eigenvalue weighted by Gasteiger charge is 2.03. The van der Waals surface area contributed by atoms with Crippen LogP contribution in [0.15, 0.2) is 22.7 Å². The summed E-state index contributed by atoms with van der Waals surface area (Å²) in [6.07, 6.45) is -0.820. The first-order valence-electron chi connectivity index (χ1n) is 4.31. The molecule has 14 heavy (non-hydrogen) atoms. The van der Waals surface area contributed by atoms with Gasteiger partial charge in [-0.15, -0.1) is 0 Å². The molecule has 0 amide bonds. The third kappa shape index (κ3) is 3.29. The van der Waals surface area contributed by atoms with Crippen LogP contribution in [0.5, 0.6) is 5.75 Å². The number of hydrogen-bond acceptors (Lipinski definition) is 3.